The molecule has 0 atom stereocenters. The number of nitro groups is 1. The third-order valence-corrected chi connectivity index (χ3v) is 3.00. The first-order valence-corrected chi connectivity index (χ1v) is 5.86. The van der Waals surface area contributed by atoms with Crippen LogP contribution in [-0.4, -0.2) is 24.1 Å². The Morgan fingerprint density at radius 2 is 2.06 bits per heavy atom. The molecule has 0 amide bonds. The zero-order valence-electron chi connectivity index (χ0n) is 9.60. The topological polar surface area (TPSA) is 64.4 Å². The monoisotopic (exact) mass is 292 g/mol. The molecular weight excluding hydrogens is 279 g/mol. The number of hydrogen-bond acceptors (Lipinski definition) is 4. The number of nitrogens with zero attached hydrogens (tertiary/aromatic N) is 1. The van der Waals surface area contributed by atoms with Crippen LogP contribution in [0.15, 0.2) is 18.2 Å². The Balaban J connectivity index is 0.00000162. The summed E-state index contributed by atoms with van der Waals surface area (Å²) < 4.78 is 5.73. The Bertz CT molecular complexity index is 423. The molecule has 0 unspecified atom stereocenters. The number of piperidine rings is 1. The Morgan fingerprint density at radius 1 is 1.39 bits per heavy atom. The molecule has 0 radical (unpaired) electrons. The second kappa shape index (κ2) is 6.78. The second-order valence-electron chi connectivity index (χ2n) is 3.94. The fourth-order valence-electron chi connectivity index (χ4n) is 1.79. The van der Waals surface area contributed by atoms with Crippen molar-refractivity contribution in [3.8, 4) is 5.75 Å². The summed E-state index contributed by atoms with van der Waals surface area (Å²) in [4.78, 5) is 10.1. The molecule has 0 aromatic heterocycles. The number of ether oxygens (including phenoxy) is 1. The number of hydrogen-bond donors (Lipinski definition) is 1. The molecular formula is C11H14Cl2N2O3. The van der Waals surface area contributed by atoms with Crippen molar-refractivity contribution in [2.75, 3.05) is 13.1 Å². The summed E-state index contributed by atoms with van der Waals surface area (Å²) in [6.07, 6.45) is 1.98. The third-order valence-electron chi connectivity index (χ3n) is 2.71. The standard InChI is InChI=1S/C11H13ClN2O3.ClH/c12-10-7-8(14(15)16)1-2-11(10)17-9-3-5-13-6-4-9;/h1-2,7,9,13H,3-6H2;1H. The number of nitrogens with one attached hydrogen (secondary N) is 1. The van der Waals surface area contributed by atoms with Crippen molar-refractivity contribution < 1.29 is 9.66 Å². The van der Waals surface area contributed by atoms with Crippen LogP contribution in [0, 0.1) is 10.1 Å². The van der Waals surface area contributed by atoms with E-state index in [0.717, 1.165) is 25.9 Å². The lowest BCUT2D eigenvalue weighted by molar-refractivity contribution is -0.384. The maximum Gasteiger partial charge on any atom is 0.271 e. The molecule has 1 N–H and O–H groups in total. The molecule has 1 aromatic rings. The summed E-state index contributed by atoms with van der Waals surface area (Å²) in [7, 11) is 0. The number of rotatable bonds is 3. The molecule has 1 heterocycles. The van der Waals surface area contributed by atoms with Gasteiger partial charge in [-0.2, -0.15) is 0 Å². The summed E-state index contributed by atoms with van der Waals surface area (Å²) >= 11 is 5.95. The molecule has 5 nitrogen and oxygen atoms in total. The number of non-ortho nitro benzene ring substituents is 1. The van der Waals surface area contributed by atoms with E-state index in [1.54, 1.807) is 6.07 Å². The fourth-order valence-corrected chi connectivity index (χ4v) is 2.01. The maximum absolute atomic E-state index is 10.6. The van der Waals surface area contributed by atoms with E-state index in [1.165, 1.54) is 12.1 Å². The molecule has 2 rings (SSSR count). The van der Waals surface area contributed by atoms with E-state index in [0.29, 0.717) is 5.75 Å². The average Bonchev–Trinajstić information content (AvgIpc) is 2.33. The van der Waals surface area contributed by atoms with E-state index < -0.39 is 4.92 Å². The Morgan fingerprint density at radius 3 is 2.61 bits per heavy atom. The highest BCUT2D eigenvalue weighted by atomic mass is 35.5. The molecule has 0 saturated carbocycles. The van der Waals surface area contributed by atoms with Crippen LogP contribution in [0.25, 0.3) is 0 Å². The highest BCUT2D eigenvalue weighted by molar-refractivity contribution is 6.32. The summed E-state index contributed by atoms with van der Waals surface area (Å²) in [6, 6.07) is 4.28. The van der Waals surface area contributed by atoms with E-state index in [9.17, 15) is 10.1 Å². The summed E-state index contributed by atoms with van der Waals surface area (Å²) in [5, 5.41) is 14.1. The van der Waals surface area contributed by atoms with Gasteiger partial charge in [0.25, 0.3) is 5.69 Å². The largest absolute Gasteiger partial charge is 0.489 e. The minimum absolute atomic E-state index is 0. The second-order valence-corrected chi connectivity index (χ2v) is 4.35. The van der Waals surface area contributed by atoms with Gasteiger partial charge >= 0.3 is 0 Å². The lowest BCUT2D eigenvalue weighted by Crippen LogP contribution is -2.34. The molecule has 1 aliphatic heterocycles. The zero-order valence-corrected chi connectivity index (χ0v) is 11.2. The van der Waals surface area contributed by atoms with Crippen molar-refractivity contribution in [3.05, 3.63) is 33.3 Å². The van der Waals surface area contributed by atoms with Crippen molar-refractivity contribution in [1.29, 1.82) is 0 Å². The molecule has 0 aliphatic carbocycles. The molecule has 1 fully saturated rings. The van der Waals surface area contributed by atoms with Gasteiger partial charge in [0.2, 0.25) is 0 Å². The zero-order chi connectivity index (χ0) is 12.3. The van der Waals surface area contributed by atoms with Gasteiger partial charge in [0.15, 0.2) is 0 Å². The Kier molecular flexibility index (Phi) is 5.65. The molecule has 1 aliphatic rings. The first kappa shape index (κ1) is 15.0. The van der Waals surface area contributed by atoms with Gasteiger partial charge in [0, 0.05) is 12.1 Å². The van der Waals surface area contributed by atoms with Crippen molar-refractivity contribution in [1.82, 2.24) is 5.32 Å². The average molecular weight is 293 g/mol. The van der Waals surface area contributed by atoms with Gasteiger partial charge in [-0.25, -0.2) is 0 Å². The van der Waals surface area contributed by atoms with Crippen molar-refractivity contribution in [3.63, 3.8) is 0 Å². The third kappa shape index (κ3) is 3.73. The van der Waals surface area contributed by atoms with Crippen LogP contribution in [-0.2, 0) is 0 Å². The highest BCUT2D eigenvalue weighted by Gasteiger charge is 2.17. The molecule has 0 bridgehead atoms. The van der Waals surface area contributed by atoms with Crippen LogP contribution in [0.5, 0.6) is 5.75 Å². The first-order chi connectivity index (χ1) is 8.16. The predicted octanol–water partition coefficient (Wildman–Crippen LogP) is 2.80. The van der Waals surface area contributed by atoms with Crippen LogP contribution in [0.3, 0.4) is 0 Å². The first-order valence-electron chi connectivity index (χ1n) is 5.48. The van der Waals surface area contributed by atoms with Crippen LogP contribution < -0.4 is 10.1 Å². The summed E-state index contributed by atoms with van der Waals surface area (Å²) in [5.74, 6) is 0.518. The van der Waals surface area contributed by atoms with Gasteiger partial charge in [-0.1, -0.05) is 11.6 Å². The summed E-state index contributed by atoms with van der Waals surface area (Å²) in [6.45, 7) is 1.85. The van der Waals surface area contributed by atoms with Gasteiger partial charge < -0.3 is 10.1 Å². The van der Waals surface area contributed by atoms with Gasteiger partial charge in [0.05, 0.1) is 9.95 Å². The Hall–Kier alpha value is -1.04. The SMILES string of the molecule is Cl.O=[N+]([O-])c1ccc(OC2CCNCC2)c(Cl)c1. The van der Waals surface area contributed by atoms with E-state index >= 15 is 0 Å². The fraction of sp³-hybridized carbons (Fsp3) is 0.455. The number of halogens is 2. The molecule has 0 spiro atoms. The van der Waals surface area contributed by atoms with Gasteiger partial charge in [-0.15, -0.1) is 12.4 Å². The minimum atomic E-state index is -0.472. The predicted molar refractivity (Wildman–Crippen MR) is 71.9 cm³/mol. The smallest absolute Gasteiger partial charge is 0.271 e. The van der Waals surface area contributed by atoms with E-state index in [-0.39, 0.29) is 29.2 Å². The highest BCUT2D eigenvalue weighted by Crippen LogP contribution is 2.30. The van der Waals surface area contributed by atoms with Crippen molar-refractivity contribution in [2.45, 2.75) is 18.9 Å². The van der Waals surface area contributed by atoms with Gasteiger partial charge in [0.1, 0.15) is 11.9 Å². The summed E-state index contributed by atoms with van der Waals surface area (Å²) in [5.41, 5.74) is -0.0207. The lowest BCUT2D eigenvalue weighted by Gasteiger charge is -2.24. The van der Waals surface area contributed by atoms with Crippen LogP contribution in [0.1, 0.15) is 12.8 Å². The van der Waals surface area contributed by atoms with E-state index in [1.807, 2.05) is 0 Å². The Labute approximate surface area is 116 Å². The van der Waals surface area contributed by atoms with Crippen LogP contribution in [0.4, 0.5) is 5.69 Å². The minimum Gasteiger partial charge on any atom is -0.489 e. The lowest BCUT2D eigenvalue weighted by atomic mass is 10.1. The van der Waals surface area contributed by atoms with Crippen molar-refractivity contribution >= 4 is 29.7 Å². The molecule has 7 heteroatoms. The molecule has 1 aromatic carbocycles. The van der Waals surface area contributed by atoms with Crippen LogP contribution >= 0.6 is 24.0 Å². The maximum atomic E-state index is 10.6. The van der Waals surface area contributed by atoms with E-state index in [2.05, 4.69) is 5.32 Å². The van der Waals surface area contributed by atoms with Gasteiger partial charge in [-0.3, -0.25) is 10.1 Å². The van der Waals surface area contributed by atoms with E-state index in [4.69, 9.17) is 16.3 Å². The van der Waals surface area contributed by atoms with Crippen LogP contribution in [0.2, 0.25) is 5.02 Å². The molecule has 18 heavy (non-hydrogen) atoms. The quantitative estimate of drug-likeness (QED) is 0.687. The molecule has 1 saturated heterocycles. The molecule has 100 valence electrons. The van der Waals surface area contributed by atoms with Gasteiger partial charge in [-0.05, 0) is 32.0 Å². The number of benzene rings is 1. The normalized spacial score (nSPS) is 15.8. The van der Waals surface area contributed by atoms with Crippen molar-refractivity contribution in [2.24, 2.45) is 0 Å². The number of nitro benzene ring substituents is 1.